The smallest absolute Gasteiger partial charge is 0.310 e. The van der Waals surface area contributed by atoms with Gasteiger partial charge in [0.05, 0.1) is 18.4 Å². The first-order valence-electron chi connectivity index (χ1n) is 6.38. The van der Waals surface area contributed by atoms with Gasteiger partial charge >= 0.3 is 11.9 Å². The van der Waals surface area contributed by atoms with Crippen molar-refractivity contribution >= 4 is 11.9 Å². The molecule has 2 aliphatic rings. The van der Waals surface area contributed by atoms with E-state index in [0.29, 0.717) is 18.4 Å². The molecule has 17 heavy (non-hydrogen) atoms. The number of ether oxygens (including phenoxy) is 1. The molecule has 0 aromatic carbocycles. The Morgan fingerprint density at radius 1 is 1.18 bits per heavy atom. The molecule has 0 aliphatic heterocycles. The molecule has 6 atom stereocenters. The molecule has 96 valence electrons. The molecule has 1 N–H and O–H groups in total. The lowest BCUT2D eigenvalue weighted by Gasteiger charge is -2.34. The first-order valence-corrected chi connectivity index (χ1v) is 6.38. The van der Waals surface area contributed by atoms with Crippen molar-refractivity contribution in [3.05, 3.63) is 0 Å². The number of fused-ring (bicyclic) bond motifs is 2. The summed E-state index contributed by atoms with van der Waals surface area (Å²) in [6.07, 6.45) is 0.864. The Morgan fingerprint density at radius 3 is 2.18 bits per heavy atom. The van der Waals surface area contributed by atoms with Crippen LogP contribution in [0.25, 0.3) is 0 Å². The van der Waals surface area contributed by atoms with Gasteiger partial charge in [-0.05, 0) is 37.0 Å². The fourth-order valence-electron chi connectivity index (χ4n) is 3.90. The Labute approximate surface area is 101 Å². The van der Waals surface area contributed by atoms with E-state index >= 15 is 0 Å². The Bertz CT molecular complexity index is 338. The number of hydrogen-bond donors (Lipinski definition) is 1. The molecule has 0 heterocycles. The number of carboxylic acid groups (broad SMARTS) is 1. The number of aliphatic carboxylic acids is 1. The average Bonchev–Trinajstić information content (AvgIpc) is 2.77. The predicted molar refractivity (Wildman–Crippen MR) is 61.2 cm³/mol. The highest BCUT2D eigenvalue weighted by Gasteiger charge is 2.60. The number of carbonyl (C=O) groups excluding carboxylic acids is 1. The summed E-state index contributed by atoms with van der Waals surface area (Å²) in [4.78, 5) is 23.3. The van der Waals surface area contributed by atoms with Gasteiger partial charge in [0.25, 0.3) is 0 Å². The van der Waals surface area contributed by atoms with Crippen molar-refractivity contribution in [2.45, 2.75) is 27.2 Å². The minimum Gasteiger partial charge on any atom is -0.481 e. The molecule has 0 saturated heterocycles. The summed E-state index contributed by atoms with van der Waals surface area (Å²) in [7, 11) is 0. The van der Waals surface area contributed by atoms with Crippen molar-refractivity contribution in [1.82, 2.24) is 0 Å². The van der Waals surface area contributed by atoms with Crippen LogP contribution in [-0.2, 0) is 14.3 Å². The second-order valence-corrected chi connectivity index (χ2v) is 5.42. The highest BCUT2D eigenvalue weighted by atomic mass is 16.5. The zero-order valence-corrected chi connectivity index (χ0v) is 10.6. The van der Waals surface area contributed by atoms with Crippen LogP contribution in [0.3, 0.4) is 0 Å². The summed E-state index contributed by atoms with van der Waals surface area (Å²) in [5, 5.41) is 9.32. The number of carboxylic acids is 1. The van der Waals surface area contributed by atoms with Crippen LogP contribution in [0.1, 0.15) is 27.2 Å². The molecule has 2 bridgehead atoms. The average molecular weight is 240 g/mol. The fraction of sp³-hybridized carbons (Fsp3) is 0.846. The molecular formula is C13H20O4. The maximum atomic E-state index is 11.9. The van der Waals surface area contributed by atoms with E-state index in [4.69, 9.17) is 4.74 Å². The first kappa shape index (κ1) is 12.4. The van der Waals surface area contributed by atoms with Gasteiger partial charge in [-0.15, -0.1) is 0 Å². The Morgan fingerprint density at radius 2 is 1.71 bits per heavy atom. The van der Waals surface area contributed by atoms with Gasteiger partial charge in [0.15, 0.2) is 0 Å². The van der Waals surface area contributed by atoms with Crippen LogP contribution in [0.4, 0.5) is 0 Å². The third-order valence-electron chi connectivity index (χ3n) is 4.88. The van der Waals surface area contributed by atoms with Crippen molar-refractivity contribution in [3.8, 4) is 0 Å². The lowest BCUT2D eigenvalue weighted by molar-refractivity contribution is -0.162. The molecule has 0 aromatic heterocycles. The predicted octanol–water partition coefficient (Wildman–Crippen LogP) is 1.79. The van der Waals surface area contributed by atoms with Crippen LogP contribution in [0.5, 0.6) is 0 Å². The lowest BCUT2D eigenvalue weighted by Crippen LogP contribution is -2.41. The molecule has 2 fully saturated rings. The van der Waals surface area contributed by atoms with Gasteiger partial charge in [-0.25, -0.2) is 0 Å². The van der Waals surface area contributed by atoms with Gasteiger partial charge in [0.1, 0.15) is 0 Å². The maximum Gasteiger partial charge on any atom is 0.310 e. The number of rotatable bonds is 3. The zero-order chi connectivity index (χ0) is 12.7. The number of esters is 1. The van der Waals surface area contributed by atoms with E-state index in [2.05, 4.69) is 13.8 Å². The quantitative estimate of drug-likeness (QED) is 0.764. The number of carbonyl (C=O) groups is 2. The van der Waals surface area contributed by atoms with Crippen molar-refractivity contribution in [2.24, 2.45) is 35.5 Å². The third kappa shape index (κ3) is 1.74. The maximum absolute atomic E-state index is 11.9. The normalized spacial score (nSPS) is 43.7. The van der Waals surface area contributed by atoms with Crippen molar-refractivity contribution in [1.29, 1.82) is 0 Å². The summed E-state index contributed by atoms with van der Waals surface area (Å²) >= 11 is 0. The molecule has 2 saturated carbocycles. The Balaban J connectivity index is 2.25. The van der Waals surface area contributed by atoms with Gasteiger partial charge in [-0.2, -0.15) is 0 Å². The highest BCUT2D eigenvalue weighted by Crippen LogP contribution is 2.58. The second-order valence-electron chi connectivity index (χ2n) is 5.42. The molecular weight excluding hydrogens is 220 g/mol. The van der Waals surface area contributed by atoms with Crippen LogP contribution in [0.15, 0.2) is 0 Å². The monoisotopic (exact) mass is 240 g/mol. The minimum atomic E-state index is -0.839. The SMILES string of the molecule is CCOC(=O)[C@@H]1[C@H]2C[C@H]([C@@H](C)[C@H]2C)[C@H]1C(=O)O. The van der Waals surface area contributed by atoms with Crippen molar-refractivity contribution in [3.63, 3.8) is 0 Å². The second kappa shape index (κ2) is 4.31. The molecule has 0 amide bonds. The molecule has 0 spiro atoms. The van der Waals surface area contributed by atoms with E-state index < -0.39 is 17.8 Å². The van der Waals surface area contributed by atoms with Gasteiger partial charge in [-0.1, -0.05) is 13.8 Å². The molecule has 4 nitrogen and oxygen atoms in total. The summed E-state index contributed by atoms with van der Waals surface area (Å²) in [6.45, 7) is 6.31. The first-order chi connectivity index (χ1) is 7.99. The number of hydrogen-bond acceptors (Lipinski definition) is 3. The van der Waals surface area contributed by atoms with Gasteiger partial charge < -0.3 is 9.84 Å². The van der Waals surface area contributed by atoms with Crippen LogP contribution >= 0.6 is 0 Å². The molecule has 2 aliphatic carbocycles. The molecule has 0 aromatic rings. The molecule has 2 rings (SSSR count). The highest BCUT2D eigenvalue weighted by molar-refractivity contribution is 5.83. The summed E-state index contributed by atoms with van der Waals surface area (Å²) in [5.41, 5.74) is 0. The van der Waals surface area contributed by atoms with E-state index in [1.54, 1.807) is 6.92 Å². The summed E-state index contributed by atoms with van der Waals surface area (Å²) < 4.78 is 5.04. The van der Waals surface area contributed by atoms with E-state index in [1.807, 2.05) is 0 Å². The van der Waals surface area contributed by atoms with Crippen LogP contribution < -0.4 is 0 Å². The minimum absolute atomic E-state index is 0.141. The summed E-state index contributed by atoms with van der Waals surface area (Å²) in [6, 6.07) is 0. The third-order valence-corrected chi connectivity index (χ3v) is 4.88. The van der Waals surface area contributed by atoms with Crippen LogP contribution in [0, 0.1) is 35.5 Å². The van der Waals surface area contributed by atoms with E-state index in [9.17, 15) is 14.7 Å². The summed E-state index contributed by atoms with van der Waals surface area (Å²) in [5.74, 6) is -0.969. The molecule has 0 unspecified atom stereocenters. The Hall–Kier alpha value is -1.06. The largest absolute Gasteiger partial charge is 0.481 e. The standard InChI is InChI=1S/C13H20O4/c1-4-17-13(16)11-9-5-8(6(2)7(9)3)10(11)12(14)15/h6-11H,4-5H2,1-3H3,(H,14,15)/t6-,7+,8+,9-,10+,11+/m0/s1. The zero-order valence-electron chi connectivity index (χ0n) is 10.6. The topological polar surface area (TPSA) is 63.6 Å². The van der Waals surface area contributed by atoms with Crippen molar-refractivity contribution in [2.75, 3.05) is 6.61 Å². The van der Waals surface area contributed by atoms with Gasteiger partial charge in [-0.3, -0.25) is 9.59 Å². The van der Waals surface area contributed by atoms with Crippen LogP contribution in [0.2, 0.25) is 0 Å². The van der Waals surface area contributed by atoms with E-state index in [0.717, 1.165) is 6.42 Å². The van der Waals surface area contributed by atoms with E-state index in [1.165, 1.54) is 0 Å². The molecule has 0 radical (unpaired) electrons. The lowest BCUT2D eigenvalue weighted by atomic mass is 9.69. The molecule has 4 heteroatoms. The van der Waals surface area contributed by atoms with Gasteiger partial charge in [0, 0.05) is 0 Å². The fourth-order valence-corrected chi connectivity index (χ4v) is 3.90. The van der Waals surface area contributed by atoms with Crippen LogP contribution in [-0.4, -0.2) is 23.7 Å². The Kier molecular flexibility index (Phi) is 3.15. The van der Waals surface area contributed by atoms with E-state index in [-0.39, 0.29) is 17.8 Å². The van der Waals surface area contributed by atoms with Gasteiger partial charge in [0.2, 0.25) is 0 Å². The van der Waals surface area contributed by atoms with Crippen molar-refractivity contribution < 1.29 is 19.4 Å².